The van der Waals surface area contributed by atoms with Crippen molar-refractivity contribution in [2.75, 3.05) is 18.9 Å². The van der Waals surface area contributed by atoms with E-state index >= 15 is 0 Å². The lowest BCUT2D eigenvalue weighted by Crippen LogP contribution is -2.29. The summed E-state index contributed by atoms with van der Waals surface area (Å²) in [6.07, 6.45) is 0.211. The van der Waals surface area contributed by atoms with Gasteiger partial charge in [-0.25, -0.2) is 17.1 Å². The van der Waals surface area contributed by atoms with Crippen molar-refractivity contribution < 1.29 is 26.9 Å². The number of carbonyl (C=O) groups is 1. The summed E-state index contributed by atoms with van der Waals surface area (Å²) in [5.41, 5.74) is 0.506. The number of hydrogen-bond acceptors (Lipinski definition) is 7. The first-order chi connectivity index (χ1) is 14.8. The van der Waals surface area contributed by atoms with E-state index in [0.29, 0.717) is 11.5 Å². The van der Waals surface area contributed by atoms with Crippen molar-refractivity contribution in [1.29, 1.82) is 0 Å². The number of amides is 1. The van der Waals surface area contributed by atoms with Crippen molar-refractivity contribution in [3.8, 4) is 5.75 Å². The van der Waals surface area contributed by atoms with Crippen molar-refractivity contribution in [3.63, 3.8) is 0 Å². The smallest absolute Gasteiger partial charge is 0.264 e. The molecule has 0 aliphatic carbocycles. The first-order valence-electron chi connectivity index (χ1n) is 9.28. The van der Waals surface area contributed by atoms with E-state index in [2.05, 4.69) is 15.5 Å². The van der Waals surface area contributed by atoms with E-state index in [1.54, 1.807) is 12.1 Å². The monoisotopic (exact) mass is 448 g/mol. The zero-order valence-corrected chi connectivity index (χ0v) is 17.7. The van der Waals surface area contributed by atoms with Crippen LogP contribution >= 0.6 is 0 Å². The quantitative estimate of drug-likeness (QED) is 0.535. The fraction of sp³-hybridized carbons (Fsp3) is 0.250. The molecular weight excluding hydrogens is 427 g/mol. The highest BCUT2D eigenvalue weighted by atomic mass is 32.2. The van der Waals surface area contributed by atoms with Gasteiger partial charge in [0.2, 0.25) is 15.9 Å². The number of halogens is 1. The summed E-state index contributed by atoms with van der Waals surface area (Å²) in [7, 11) is -2.29. The maximum atomic E-state index is 13.6. The summed E-state index contributed by atoms with van der Waals surface area (Å²) in [5.74, 6) is -0.226. The van der Waals surface area contributed by atoms with Crippen LogP contribution in [0.5, 0.6) is 5.75 Å². The van der Waals surface area contributed by atoms with E-state index in [1.807, 2.05) is 0 Å². The van der Waals surface area contributed by atoms with Gasteiger partial charge in [-0.05, 0) is 36.4 Å². The second-order valence-electron chi connectivity index (χ2n) is 6.61. The minimum absolute atomic E-state index is 0.0672. The number of nitrogens with one attached hydrogen (secondary N) is 1. The molecule has 9 nitrogen and oxygen atoms in total. The Hall–Kier alpha value is -3.31. The van der Waals surface area contributed by atoms with E-state index in [4.69, 9.17) is 9.26 Å². The number of nitrogens with zero attached hydrogens (tertiary/aromatic N) is 3. The Balaban J connectivity index is 1.55. The molecule has 0 aliphatic rings. The van der Waals surface area contributed by atoms with Gasteiger partial charge in [0.05, 0.1) is 4.90 Å². The lowest BCUT2D eigenvalue weighted by Gasteiger charge is -2.16. The number of rotatable bonds is 9. The molecule has 31 heavy (non-hydrogen) atoms. The number of carbonyl (C=O) groups excluding carboxylic acids is 1. The molecule has 2 aromatic carbocycles. The van der Waals surface area contributed by atoms with Gasteiger partial charge in [0.25, 0.3) is 5.89 Å². The summed E-state index contributed by atoms with van der Waals surface area (Å²) >= 11 is 0. The summed E-state index contributed by atoms with van der Waals surface area (Å²) in [6, 6.07) is 11.8. The largest absolute Gasteiger partial charge is 0.481 e. The molecule has 0 unspecified atom stereocenters. The highest BCUT2D eigenvalue weighted by molar-refractivity contribution is 7.89. The molecule has 11 heteroatoms. The number of hydrogen-bond donors (Lipinski definition) is 1. The van der Waals surface area contributed by atoms with Crippen molar-refractivity contribution >= 4 is 21.6 Å². The number of likely N-dealkylation sites (N-methyl/N-ethyl adjacent to an activating group) is 1. The molecule has 0 bridgehead atoms. The van der Waals surface area contributed by atoms with Crippen LogP contribution in [0, 0.1) is 5.82 Å². The minimum atomic E-state index is -3.73. The topological polar surface area (TPSA) is 115 Å². The molecule has 0 spiro atoms. The molecule has 0 saturated carbocycles. The Kier molecular flexibility index (Phi) is 6.98. The molecule has 1 N–H and O–H groups in total. The van der Waals surface area contributed by atoms with Crippen LogP contribution in [0.3, 0.4) is 0 Å². The second-order valence-corrected chi connectivity index (χ2v) is 8.65. The van der Waals surface area contributed by atoms with Crippen molar-refractivity contribution in [1.82, 2.24) is 14.4 Å². The fourth-order valence-electron chi connectivity index (χ4n) is 2.62. The van der Waals surface area contributed by atoms with Crippen LogP contribution in [0.25, 0.3) is 0 Å². The zero-order chi connectivity index (χ0) is 22.4. The van der Waals surface area contributed by atoms with Crippen LogP contribution in [0.2, 0.25) is 0 Å². The van der Waals surface area contributed by atoms with Crippen molar-refractivity contribution in [2.45, 2.75) is 24.8 Å². The molecule has 0 fully saturated rings. The van der Waals surface area contributed by atoms with Gasteiger partial charge in [0.1, 0.15) is 0 Å². The average molecular weight is 448 g/mol. The van der Waals surface area contributed by atoms with Gasteiger partial charge >= 0.3 is 0 Å². The SMILES string of the molecule is CC(=O)Nc1ccc(S(=O)(=O)N(C)CCc2noc(COc3ccccc3F)n2)cc1. The molecule has 0 atom stereocenters. The number of para-hydroxylation sites is 1. The van der Waals surface area contributed by atoms with Crippen LogP contribution in [0.1, 0.15) is 18.6 Å². The van der Waals surface area contributed by atoms with E-state index < -0.39 is 15.8 Å². The van der Waals surface area contributed by atoms with Crippen LogP contribution in [0.4, 0.5) is 10.1 Å². The van der Waals surface area contributed by atoms with Gasteiger partial charge in [-0.1, -0.05) is 17.3 Å². The molecular formula is C20H21FN4O5S. The maximum Gasteiger partial charge on any atom is 0.264 e. The number of anilines is 1. The molecule has 1 heterocycles. The van der Waals surface area contributed by atoms with Crippen LogP contribution in [-0.2, 0) is 27.8 Å². The Morgan fingerprint density at radius 2 is 1.90 bits per heavy atom. The van der Waals surface area contributed by atoms with E-state index in [0.717, 1.165) is 0 Å². The summed E-state index contributed by atoms with van der Waals surface area (Å²) < 4.78 is 50.5. The molecule has 0 saturated heterocycles. The maximum absolute atomic E-state index is 13.6. The van der Waals surface area contributed by atoms with E-state index in [-0.39, 0.29) is 42.0 Å². The normalized spacial score (nSPS) is 11.5. The third-order valence-electron chi connectivity index (χ3n) is 4.23. The standard InChI is InChI=1S/C20H21FN4O5S/c1-14(26)22-15-7-9-16(10-8-15)31(27,28)25(2)12-11-19-23-20(30-24-19)13-29-18-6-4-3-5-17(18)21/h3-10H,11-13H2,1-2H3,(H,22,26). The van der Waals surface area contributed by atoms with Crippen LogP contribution < -0.4 is 10.1 Å². The first-order valence-corrected chi connectivity index (χ1v) is 10.7. The third kappa shape index (κ3) is 5.86. The Morgan fingerprint density at radius 1 is 1.19 bits per heavy atom. The van der Waals surface area contributed by atoms with Gasteiger partial charge in [-0.15, -0.1) is 0 Å². The first kappa shape index (κ1) is 22.4. The van der Waals surface area contributed by atoms with Crippen molar-refractivity contribution in [2.24, 2.45) is 0 Å². The highest BCUT2D eigenvalue weighted by Crippen LogP contribution is 2.19. The number of aromatic nitrogens is 2. The van der Waals surface area contributed by atoms with Gasteiger partial charge in [0.15, 0.2) is 24.0 Å². The van der Waals surface area contributed by atoms with E-state index in [1.165, 1.54) is 54.7 Å². The molecule has 1 amide bonds. The molecule has 164 valence electrons. The van der Waals surface area contributed by atoms with Gasteiger partial charge < -0.3 is 14.6 Å². The number of sulfonamides is 1. The molecule has 1 aromatic heterocycles. The second kappa shape index (κ2) is 9.67. The van der Waals surface area contributed by atoms with Crippen LogP contribution in [-0.4, -0.2) is 42.4 Å². The Bertz CT molecular complexity index is 1150. The molecule has 3 rings (SSSR count). The fourth-order valence-corrected chi connectivity index (χ4v) is 3.79. The predicted molar refractivity (Wildman–Crippen MR) is 109 cm³/mol. The highest BCUT2D eigenvalue weighted by Gasteiger charge is 2.21. The molecule has 3 aromatic rings. The average Bonchev–Trinajstić information content (AvgIpc) is 3.19. The van der Waals surface area contributed by atoms with E-state index in [9.17, 15) is 17.6 Å². The van der Waals surface area contributed by atoms with Crippen molar-refractivity contribution in [3.05, 3.63) is 66.1 Å². The lowest BCUT2D eigenvalue weighted by atomic mass is 10.3. The lowest BCUT2D eigenvalue weighted by molar-refractivity contribution is -0.114. The third-order valence-corrected chi connectivity index (χ3v) is 6.10. The minimum Gasteiger partial charge on any atom is -0.481 e. The Labute approximate surface area is 178 Å². The van der Waals surface area contributed by atoms with Gasteiger partial charge in [-0.3, -0.25) is 4.79 Å². The number of ether oxygens (including phenoxy) is 1. The predicted octanol–water partition coefficient (Wildman–Crippen LogP) is 2.61. The van der Waals surface area contributed by atoms with Crippen LogP contribution in [0.15, 0.2) is 57.9 Å². The summed E-state index contributed by atoms with van der Waals surface area (Å²) in [6.45, 7) is 1.37. The van der Waals surface area contributed by atoms with Gasteiger partial charge in [0, 0.05) is 32.6 Å². The number of benzene rings is 2. The van der Waals surface area contributed by atoms with Gasteiger partial charge in [-0.2, -0.15) is 4.98 Å². The molecule has 0 aliphatic heterocycles. The zero-order valence-electron chi connectivity index (χ0n) is 16.9. The summed E-state index contributed by atoms with van der Waals surface area (Å²) in [5, 5.41) is 6.38. The summed E-state index contributed by atoms with van der Waals surface area (Å²) in [4.78, 5) is 15.3. The molecule has 0 radical (unpaired) electrons. The Morgan fingerprint density at radius 3 is 2.58 bits per heavy atom.